The van der Waals surface area contributed by atoms with Crippen LogP contribution in [-0.2, 0) is 17.9 Å². The minimum atomic E-state index is -4.74. The van der Waals surface area contributed by atoms with Gasteiger partial charge >= 0.3 is 6.18 Å². The van der Waals surface area contributed by atoms with E-state index in [1.165, 1.54) is 0 Å². The van der Waals surface area contributed by atoms with Gasteiger partial charge in [-0.15, -0.1) is 0 Å². The first kappa shape index (κ1) is 9.98. The number of alkyl halides is 3. The molecule has 1 aromatic rings. The predicted molar refractivity (Wildman–Crippen MR) is 35.8 cm³/mol. The fourth-order valence-corrected chi connectivity index (χ4v) is 0.910. The van der Waals surface area contributed by atoms with Gasteiger partial charge in [-0.3, -0.25) is 0 Å². The molecule has 1 nitrogen and oxygen atoms in total. The molecule has 0 atom stereocenters. The molecule has 1 radical (unpaired) electrons. The second-order valence-electron chi connectivity index (χ2n) is 2.42. The summed E-state index contributed by atoms with van der Waals surface area (Å²) in [6.07, 6.45) is -4.74. The van der Waals surface area contributed by atoms with Crippen LogP contribution in [0.25, 0.3) is 0 Å². The summed E-state index contributed by atoms with van der Waals surface area (Å²) in [5.74, 6) is -1.47. The topological polar surface area (TPSA) is 19.9 Å². The lowest BCUT2D eigenvalue weighted by atomic mass is 10.1. The van der Waals surface area contributed by atoms with Gasteiger partial charge < -0.3 is 0 Å². The molecule has 0 saturated carbocycles. The molecule has 0 heterocycles. The third-order valence-electron chi connectivity index (χ3n) is 1.54. The largest absolute Gasteiger partial charge is 0.419 e. The Labute approximate surface area is 71.6 Å². The highest BCUT2D eigenvalue weighted by Gasteiger charge is 2.34. The summed E-state index contributed by atoms with van der Waals surface area (Å²) in [5, 5.41) is 10.2. The van der Waals surface area contributed by atoms with E-state index in [0.29, 0.717) is 6.07 Å². The van der Waals surface area contributed by atoms with Crippen molar-refractivity contribution in [3.05, 3.63) is 35.1 Å². The van der Waals surface area contributed by atoms with Crippen LogP contribution in [0.1, 0.15) is 11.1 Å². The second-order valence-corrected chi connectivity index (χ2v) is 2.42. The van der Waals surface area contributed by atoms with E-state index in [1.54, 1.807) is 0 Å². The van der Waals surface area contributed by atoms with Gasteiger partial charge in [0.05, 0.1) is 5.56 Å². The normalized spacial score (nSPS) is 11.8. The minimum absolute atomic E-state index is 0.463. The molecule has 0 fully saturated rings. The molecule has 0 aromatic heterocycles. The average Bonchev–Trinajstić information content (AvgIpc) is 2.02. The zero-order chi connectivity index (χ0) is 10.1. The van der Waals surface area contributed by atoms with Crippen molar-refractivity contribution in [2.24, 2.45) is 0 Å². The zero-order valence-corrected chi connectivity index (χ0v) is 6.36. The van der Waals surface area contributed by atoms with E-state index < -0.39 is 29.7 Å². The lowest BCUT2D eigenvalue weighted by Gasteiger charge is -2.08. The van der Waals surface area contributed by atoms with Crippen LogP contribution in [-0.4, -0.2) is 0 Å². The molecule has 1 rings (SSSR count). The third-order valence-corrected chi connectivity index (χ3v) is 1.54. The minimum Gasteiger partial charge on any atom is -0.231 e. The highest BCUT2D eigenvalue weighted by atomic mass is 19.4. The quantitative estimate of drug-likeness (QED) is 0.611. The summed E-state index contributed by atoms with van der Waals surface area (Å²) >= 11 is 0. The predicted octanol–water partition coefficient (Wildman–Crippen LogP) is 2.78. The number of hydrogen-bond donors (Lipinski definition) is 0. The summed E-state index contributed by atoms with van der Waals surface area (Å²) < 4.78 is 48.9. The Kier molecular flexibility index (Phi) is 2.56. The molecule has 0 aliphatic carbocycles. The van der Waals surface area contributed by atoms with E-state index in [-0.39, 0.29) is 0 Å². The van der Waals surface area contributed by atoms with E-state index in [2.05, 4.69) is 0 Å². The molecule has 13 heavy (non-hydrogen) atoms. The van der Waals surface area contributed by atoms with Crippen molar-refractivity contribution in [3.63, 3.8) is 0 Å². The first-order valence-corrected chi connectivity index (χ1v) is 3.39. The number of hydrogen-bond acceptors (Lipinski definition) is 0. The summed E-state index contributed by atoms with van der Waals surface area (Å²) in [5.41, 5.74) is -1.85. The van der Waals surface area contributed by atoms with Crippen LogP contribution >= 0.6 is 0 Å². The standard InChI is InChI=1S/C8H5F4O/c9-7-5(4-13)2-1-3-6(7)8(10,11)12/h1-3H,4H2. The molecule has 0 N–H and O–H groups in total. The molecule has 0 bridgehead atoms. The van der Waals surface area contributed by atoms with Crippen LogP contribution in [0.3, 0.4) is 0 Å². The molecule has 0 aliphatic rings. The summed E-state index contributed by atoms with van der Waals surface area (Å²) in [6.45, 7) is -0.990. The van der Waals surface area contributed by atoms with Gasteiger partial charge in [0.25, 0.3) is 0 Å². The van der Waals surface area contributed by atoms with Crippen LogP contribution in [0.2, 0.25) is 0 Å². The van der Waals surface area contributed by atoms with Gasteiger partial charge in [-0.1, -0.05) is 12.1 Å². The van der Waals surface area contributed by atoms with Crippen LogP contribution in [0.5, 0.6) is 0 Å². The number of rotatable bonds is 1. The van der Waals surface area contributed by atoms with Gasteiger partial charge in [-0.25, -0.2) is 9.50 Å². The molecule has 0 aliphatic heterocycles. The second kappa shape index (κ2) is 3.33. The fraction of sp³-hybridized carbons (Fsp3) is 0.250. The van der Waals surface area contributed by atoms with E-state index >= 15 is 0 Å². The van der Waals surface area contributed by atoms with Crippen molar-refractivity contribution in [2.75, 3.05) is 0 Å². The first-order valence-electron chi connectivity index (χ1n) is 3.39. The molecule has 0 unspecified atom stereocenters. The highest BCUT2D eigenvalue weighted by Crippen LogP contribution is 2.32. The monoisotopic (exact) mass is 193 g/mol. The molecule has 1 aromatic carbocycles. The molecule has 0 spiro atoms. The average molecular weight is 193 g/mol. The molecule has 0 saturated heterocycles. The van der Waals surface area contributed by atoms with Gasteiger partial charge in [0, 0.05) is 5.56 Å². The first-order chi connectivity index (χ1) is 5.96. The van der Waals surface area contributed by atoms with Gasteiger partial charge in [0.2, 0.25) is 0 Å². The van der Waals surface area contributed by atoms with Gasteiger partial charge in [-0.2, -0.15) is 13.2 Å². The lowest BCUT2D eigenvalue weighted by molar-refractivity contribution is -0.140. The van der Waals surface area contributed by atoms with Gasteiger partial charge in [0.15, 0.2) is 0 Å². The SMILES string of the molecule is [O]Cc1cccc(C(F)(F)F)c1F. The summed E-state index contributed by atoms with van der Waals surface area (Å²) in [7, 11) is 0. The molecule has 0 amide bonds. The van der Waals surface area contributed by atoms with E-state index in [9.17, 15) is 22.7 Å². The Morgan fingerprint density at radius 2 is 1.85 bits per heavy atom. The van der Waals surface area contributed by atoms with Crippen molar-refractivity contribution in [3.8, 4) is 0 Å². The zero-order valence-electron chi connectivity index (χ0n) is 6.36. The highest BCUT2D eigenvalue weighted by molar-refractivity contribution is 5.27. The van der Waals surface area contributed by atoms with E-state index in [0.717, 1.165) is 12.1 Å². The Morgan fingerprint density at radius 1 is 1.23 bits per heavy atom. The third kappa shape index (κ3) is 1.98. The van der Waals surface area contributed by atoms with Crippen molar-refractivity contribution < 1.29 is 22.7 Å². The van der Waals surface area contributed by atoms with Crippen LogP contribution in [0.4, 0.5) is 17.6 Å². The summed E-state index contributed by atoms with van der Waals surface area (Å²) in [6, 6.07) is 2.66. The Balaban J connectivity index is 3.24. The smallest absolute Gasteiger partial charge is 0.231 e. The maximum absolute atomic E-state index is 12.8. The lowest BCUT2D eigenvalue weighted by Crippen LogP contribution is -2.09. The van der Waals surface area contributed by atoms with Crippen molar-refractivity contribution >= 4 is 0 Å². The Morgan fingerprint density at radius 3 is 2.31 bits per heavy atom. The molecule has 71 valence electrons. The van der Waals surface area contributed by atoms with Crippen molar-refractivity contribution in [1.29, 1.82) is 0 Å². The Hall–Kier alpha value is -1.10. The Bertz CT molecular complexity index is 306. The maximum atomic E-state index is 12.8. The van der Waals surface area contributed by atoms with Crippen LogP contribution in [0.15, 0.2) is 18.2 Å². The maximum Gasteiger partial charge on any atom is 0.419 e. The molecular formula is C8H5F4O. The number of benzene rings is 1. The van der Waals surface area contributed by atoms with Gasteiger partial charge in [0.1, 0.15) is 12.4 Å². The number of halogens is 4. The van der Waals surface area contributed by atoms with Gasteiger partial charge in [-0.05, 0) is 6.07 Å². The fourth-order valence-electron chi connectivity index (χ4n) is 0.910. The van der Waals surface area contributed by atoms with E-state index in [1.807, 2.05) is 0 Å². The molecular weight excluding hydrogens is 188 g/mol. The van der Waals surface area contributed by atoms with Crippen LogP contribution < -0.4 is 0 Å². The van der Waals surface area contributed by atoms with E-state index in [4.69, 9.17) is 0 Å². The molecule has 5 heteroatoms. The van der Waals surface area contributed by atoms with Crippen molar-refractivity contribution in [1.82, 2.24) is 0 Å². The summed E-state index contributed by atoms with van der Waals surface area (Å²) in [4.78, 5) is 0. The van der Waals surface area contributed by atoms with Crippen molar-refractivity contribution in [2.45, 2.75) is 12.8 Å². The van der Waals surface area contributed by atoms with Crippen LogP contribution in [0, 0.1) is 5.82 Å².